The highest BCUT2D eigenvalue weighted by atomic mass is 16.2. The number of carbonyl (C=O) groups excluding carboxylic acids is 2. The van der Waals surface area contributed by atoms with Crippen LogP contribution in [0.25, 0.3) is 0 Å². The molecule has 0 spiro atoms. The van der Waals surface area contributed by atoms with Crippen LogP contribution in [0.4, 0.5) is 4.79 Å². The van der Waals surface area contributed by atoms with Crippen molar-refractivity contribution >= 4 is 11.9 Å². The number of carbonyl (C=O) groups is 2. The Morgan fingerprint density at radius 3 is 2.56 bits per heavy atom. The number of piperidine rings is 1. The number of benzene rings is 1. The van der Waals surface area contributed by atoms with Gasteiger partial charge < -0.3 is 20.4 Å². The van der Waals surface area contributed by atoms with Gasteiger partial charge in [-0.25, -0.2) is 4.79 Å². The third-order valence-electron chi connectivity index (χ3n) is 5.57. The van der Waals surface area contributed by atoms with Crippen molar-refractivity contribution < 1.29 is 14.5 Å². The number of rotatable bonds is 3. The van der Waals surface area contributed by atoms with Gasteiger partial charge >= 0.3 is 6.03 Å². The average molecular weight is 345 g/mol. The normalized spacial score (nSPS) is 22.0. The molecule has 1 aromatic carbocycles. The van der Waals surface area contributed by atoms with E-state index in [9.17, 15) is 9.59 Å². The van der Waals surface area contributed by atoms with Crippen molar-refractivity contribution in [3.8, 4) is 0 Å². The fraction of sp³-hybridized carbons (Fsp3) is 0.579. The lowest BCUT2D eigenvalue weighted by molar-refractivity contribution is -0.917. The number of aryl methyl sites for hydroxylation is 1. The standard InChI is InChI=1S/C19H28N4O2/c1-15-5-2-3-6-16(15)13-21-9-11-22(12-10-21)18(24)17-7-4-8-23(14-17)19(20)25/h2-3,5-6,17H,4,7-14H2,1H3,(H2,20,25)/p+1/t17-/m1/s1. The summed E-state index contributed by atoms with van der Waals surface area (Å²) in [6, 6.07) is 8.10. The van der Waals surface area contributed by atoms with E-state index in [1.54, 1.807) is 4.90 Å². The van der Waals surface area contributed by atoms with Gasteiger partial charge in [0.1, 0.15) is 6.54 Å². The summed E-state index contributed by atoms with van der Waals surface area (Å²) in [6.45, 7) is 7.88. The lowest BCUT2D eigenvalue weighted by atomic mass is 9.96. The summed E-state index contributed by atoms with van der Waals surface area (Å²) in [4.78, 5) is 29.3. The molecule has 0 radical (unpaired) electrons. The number of primary amides is 1. The zero-order valence-corrected chi connectivity index (χ0v) is 15.0. The van der Waals surface area contributed by atoms with Crippen LogP contribution in [0.3, 0.4) is 0 Å². The van der Waals surface area contributed by atoms with E-state index in [2.05, 4.69) is 31.2 Å². The number of nitrogens with one attached hydrogen (secondary N) is 1. The fourth-order valence-electron chi connectivity index (χ4n) is 3.93. The molecule has 0 aliphatic carbocycles. The Kier molecular flexibility index (Phi) is 5.58. The molecule has 25 heavy (non-hydrogen) atoms. The molecule has 2 fully saturated rings. The maximum atomic E-state index is 12.8. The first-order valence-corrected chi connectivity index (χ1v) is 9.26. The van der Waals surface area contributed by atoms with Crippen LogP contribution in [0.2, 0.25) is 0 Å². The van der Waals surface area contributed by atoms with Crippen molar-refractivity contribution in [1.29, 1.82) is 0 Å². The minimum atomic E-state index is -0.412. The van der Waals surface area contributed by atoms with Crippen molar-refractivity contribution in [2.45, 2.75) is 26.3 Å². The number of quaternary nitrogens is 1. The van der Waals surface area contributed by atoms with E-state index in [1.165, 1.54) is 16.0 Å². The summed E-state index contributed by atoms with van der Waals surface area (Å²) in [5.41, 5.74) is 8.10. The zero-order valence-electron chi connectivity index (χ0n) is 15.0. The van der Waals surface area contributed by atoms with Gasteiger partial charge in [0.25, 0.3) is 0 Å². The highest BCUT2D eigenvalue weighted by molar-refractivity contribution is 5.80. The summed E-state index contributed by atoms with van der Waals surface area (Å²) in [5, 5.41) is 0. The minimum Gasteiger partial charge on any atom is -0.351 e. The van der Waals surface area contributed by atoms with Crippen LogP contribution in [-0.4, -0.2) is 61.0 Å². The molecule has 6 heteroatoms. The SMILES string of the molecule is Cc1ccccc1C[NH+]1CCN(C(=O)[C@@H]2CCCN(C(N)=O)C2)CC1. The second kappa shape index (κ2) is 7.87. The first-order chi connectivity index (χ1) is 12.0. The molecule has 2 heterocycles. The van der Waals surface area contributed by atoms with Gasteiger partial charge in [0.05, 0.1) is 32.1 Å². The summed E-state index contributed by atoms with van der Waals surface area (Å²) < 4.78 is 0. The maximum absolute atomic E-state index is 12.8. The third-order valence-corrected chi connectivity index (χ3v) is 5.57. The van der Waals surface area contributed by atoms with Crippen LogP contribution in [0, 0.1) is 12.8 Å². The predicted octanol–water partition coefficient (Wildman–Crippen LogP) is 0.0128. The number of amides is 3. The van der Waals surface area contributed by atoms with E-state index in [4.69, 9.17) is 5.73 Å². The van der Waals surface area contributed by atoms with Gasteiger partial charge in [0.15, 0.2) is 0 Å². The lowest BCUT2D eigenvalue weighted by Crippen LogP contribution is -3.13. The van der Waals surface area contributed by atoms with Gasteiger partial charge in [-0.15, -0.1) is 0 Å². The van der Waals surface area contributed by atoms with Crippen LogP contribution in [0.5, 0.6) is 0 Å². The highest BCUT2D eigenvalue weighted by Gasteiger charge is 2.32. The second-order valence-electron chi connectivity index (χ2n) is 7.30. The Hall–Kier alpha value is -2.08. The second-order valence-corrected chi connectivity index (χ2v) is 7.30. The quantitative estimate of drug-likeness (QED) is 0.810. The van der Waals surface area contributed by atoms with Crippen LogP contribution in [0.1, 0.15) is 24.0 Å². The van der Waals surface area contributed by atoms with Gasteiger partial charge in [-0.05, 0) is 25.3 Å². The molecule has 1 aromatic rings. The van der Waals surface area contributed by atoms with Gasteiger partial charge in [0, 0.05) is 18.7 Å². The molecule has 0 bridgehead atoms. The zero-order chi connectivity index (χ0) is 17.8. The average Bonchev–Trinajstić information content (AvgIpc) is 2.64. The van der Waals surface area contributed by atoms with Crippen molar-refractivity contribution in [3.63, 3.8) is 0 Å². The van der Waals surface area contributed by atoms with Gasteiger partial charge in [0.2, 0.25) is 5.91 Å². The number of hydrogen-bond donors (Lipinski definition) is 2. The first-order valence-electron chi connectivity index (χ1n) is 9.26. The Morgan fingerprint density at radius 2 is 1.88 bits per heavy atom. The molecule has 2 aliphatic heterocycles. The number of likely N-dealkylation sites (tertiary alicyclic amines) is 1. The largest absolute Gasteiger partial charge is 0.351 e. The number of nitrogens with two attached hydrogens (primary N) is 1. The van der Waals surface area contributed by atoms with Crippen molar-refractivity contribution in [2.24, 2.45) is 11.7 Å². The summed E-state index contributed by atoms with van der Waals surface area (Å²) in [7, 11) is 0. The molecule has 1 atom stereocenters. The van der Waals surface area contributed by atoms with E-state index in [0.29, 0.717) is 13.1 Å². The number of nitrogens with zero attached hydrogens (tertiary/aromatic N) is 2. The van der Waals surface area contributed by atoms with E-state index in [-0.39, 0.29) is 11.8 Å². The number of urea groups is 1. The molecule has 2 saturated heterocycles. The molecule has 136 valence electrons. The topological polar surface area (TPSA) is 71.1 Å². The van der Waals surface area contributed by atoms with Crippen LogP contribution >= 0.6 is 0 Å². The predicted molar refractivity (Wildman–Crippen MR) is 96.0 cm³/mol. The van der Waals surface area contributed by atoms with Crippen LogP contribution < -0.4 is 10.6 Å². The van der Waals surface area contributed by atoms with E-state index >= 15 is 0 Å². The number of hydrogen-bond acceptors (Lipinski definition) is 2. The Balaban J connectivity index is 1.51. The molecule has 6 nitrogen and oxygen atoms in total. The minimum absolute atomic E-state index is 0.0841. The van der Waals surface area contributed by atoms with Crippen LogP contribution in [-0.2, 0) is 11.3 Å². The molecule has 3 amide bonds. The summed E-state index contributed by atoms with van der Waals surface area (Å²) in [6.07, 6.45) is 1.72. The molecule has 3 N–H and O–H groups in total. The van der Waals surface area contributed by atoms with Crippen LogP contribution in [0.15, 0.2) is 24.3 Å². The Morgan fingerprint density at radius 1 is 1.16 bits per heavy atom. The van der Waals surface area contributed by atoms with E-state index in [0.717, 1.165) is 45.6 Å². The monoisotopic (exact) mass is 345 g/mol. The summed E-state index contributed by atoms with van der Waals surface area (Å²) >= 11 is 0. The molecular formula is C19H29N4O2+. The number of piperazine rings is 1. The lowest BCUT2D eigenvalue weighted by Gasteiger charge is -2.37. The summed E-state index contributed by atoms with van der Waals surface area (Å²) in [5.74, 6) is 0.111. The van der Waals surface area contributed by atoms with Crippen molar-refractivity contribution in [3.05, 3.63) is 35.4 Å². The van der Waals surface area contributed by atoms with E-state index in [1.807, 2.05) is 4.90 Å². The molecule has 0 aromatic heterocycles. The fourth-order valence-corrected chi connectivity index (χ4v) is 3.93. The molecular weight excluding hydrogens is 316 g/mol. The molecule has 0 saturated carbocycles. The van der Waals surface area contributed by atoms with Gasteiger partial charge in [-0.3, -0.25) is 4.79 Å². The molecule has 3 rings (SSSR count). The van der Waals surface area contributed by atoms with Gasteiger partial charge in [-0.2, -0.15) is 0 Å². The third kappa shape index (κ3) is 4.31. The molecule has 0 unspecified atom stereocenters. The highest BCUT2D eigenvalue weighted by Crippen LogP contribution is 2.19. The Labute approximate surface area is 149 Å². The Bertz CT molecular complexity index is 626. The smallest absolute Gasteiger partial charge is 0.314 e. The van der Waals surface area contributed by atoms with Crippen molar-refractivity contribution in [2.75, 3.05) is 39.3 Å². The van der Waals surface area contributed by atoms with Gasteiger partial charge in [-0.1, -0.05) is 24.3 Å². The molecule has 2 aliphatic rings. The maximum Gasteiger partial charge on any atom is 0.314 e. The van der Waals surface area contributed by atoms with E-state index < -0.39 is 6.03 Å². The first kappa shape index (κ1) is 17.7. The van der Waals surface area contributed by atoms with Crippen molar-refractivity contribution in [1.82, 2.24) is 9.80 Å².